The number of Topliss-reactive ketones (excluding diaryl/α,β-unsaturated/α-hetero) is 1. The van der Waals surface area contributed by atoms with Gasteiger partial charge in [0.2, 0.25) is 5.91 Å². The molecule has 1 amide bonds. The lowest BCUT2D eigenvalue weighted by molar-refractivity contribution is -0.151. The highest BCUT2D eigenvalue weighted by Gasteiger charge is 2.37. The predicted octanol–water partition coefficient (Wildman–Crippen LogP) is 3.11. The number of ketones is 1. The van der Waals surface area contributed by atoms with E-state index >= 15 is 0 Å². The van der Waals surface area contributed by atoms with Crippen molar-refractivity contribution in [1.29, 1.82) is 0 Å². The molecule has 0 spiro atoms. The Morgan fingerprint density at radius 3 is 2.00 bits per heavy atom. The monoisotopic (exact) mass is 291 g/mol. The minimum Gasteiger partial charge on any atom is -0.481 e. The lowest BCUT2D eigenvalue weighted by Gasteiger charge is -2.25. The van der Waals surface area contributed by atoms with Gasteiger partial charge in [-0.15, -0.1) is 0 Å². The molecule has 0 unspecified atom stereocenters. The van der Waals surface area contributed by atoms with E-state index in [4.69, 9.17) is 0 Å². The summed E-state index contributed by atoms with van der Waals surface area (Å²) in [5, 5.41) is 12.0. The first kappa shape index (κ1) is 16.9. The van der Waals surface area contributed by atoms with Crippen molar-refractivity contribution in [2.75, 3.05) is 5.32 Å². The molecule has 5 heteroatoms. The molecule has 1 aromatic carbocycles. The number of hydrogen-bond acceptors (Lipinski definition) is 3. The molecule has 0 heterocycles. The Morgan fingerprint density at radius 1 is 1.10 bits per heavy atom. The molecule has 0 aliphatic rings. The van der Waals surface area contributed by atoms with Crippen LogP contribution in [0.2, 0.25) is 0 Å². The van der Waals surface area contributed by atoms with Gasteiger partial charge in [-0.1, -0.05) is 13.8 Å². The molecule has 5 nitrogen and oxygen atoms in total. The van der Waals surface area contributed by atoms with Crippen molar-refractivity contribution in [2.45, 2.75) is 40.0 Å². The first-order valence-electron chi connectivity index (χ1n) is 6.99. The molecule has 1 rings (SSSR count). The zero-order chi connectivity index (χ0) is 16.0. The summed E-state index contributed by atoms with van der Waals surface area (Å²) in [6.07, 6.45) is 0.731. The largest absolute Gasteiger partial charge is 0.481 e. The summed E-state index contributed by atoms with van der Waals surface area (Å²) >= 11 is 0. The van der Waals surface area contributed by atoms with Crippen molar-refractivity contribution >= 4 is 23.3 Å². The summed E-state index contributed by atoms with van der Waals surface area (Å²) < 4.78 is 0. The van der Waals surface area contributed by atoms with Crippen LogP contribution in [-0.4, -0.2) is 22.8 Å². The molecule has 0 saturated carbocycles. The average molecular weight is 291 g/mol. The summed E-state index contributed by atoms with van der Waals surface area (Å²) in [4.78, 5) is 34.6. The second-order valence-electron chi connectivity index (χ2n) is 5.15. The average Bonchev–Trinajstić information content (AvgIpc) is 2.45. The molecule has 114 valence electrons. The maximum Gasteiger partial charge on any atom is 0.310 e. The predicted molar refractivity (Wildman–Crippen MR) is 80.3 cm³/mol. The number of carboxylic acids is 1. The van der Waals surface area contributed by atoms with E-state index in [1.54, 1.807) is 38.1 Å². The Labute approximate surface area is 124 Å². The van der Waals surface area contributed by atoms with Gasteiger partial charge in [0, 0.05) is 17.7 Å². The second kappa shape index (κ2) is 7.02. The molecule has 0 fully saturated rings. The number of rotatable bonds is 7. The van der Waals surface area contributed by atoms with Crippen LogP contribution in [0, 0.1) is 5.41 Å². The van der Waals surface area contributed by atoms with Crippen molar-refractivity contribution in [3.8, 4) is 0 Å². The highest BCUT2D eigenvalue weighted by atomic mass is 16.4. The summed E-state index contributed by atoms with van der Waals surface area (Å²) in [5.74, 6) is -1.33. The highest BCUT2D eigenvalue weighted by molar-refractivity contribution is 5.96. The molecular weight excluding hydrogens is 270 g/mol. The van der Waals surface area contributed by atoms with Crippen molar-refractivity contribution in [1.82, 2.24) is 0 Å². The SMILES string of the molecule is CCC(CC)(CC(=O)Nc1ccc(C(C)=O)cc1)C(=O)O. The van der Waals surface area contributed by atoms with Crippen LogP contribution in [0.1, 0.15) is 50.4 Å². The standard InChI is InChI=1S/C16H21NO4/c1-4-16(5-2,15(20)21)10-14(19)17-13-8-6-12(7-9-13)11(3)18/h6-9H,4-5,10H2,1-3H3,(H,17,19)(H,20,21). The fourth-order valence-corrected chi connectivity index (χ4v) is 2.18. The minimum absolute atomic E-state index is 0.0465. The minimum atomic E-state index is -1.02. The van der Waals surface area contributed by atoms with Crippen molar-refractivity contribution in [2.24, 2.45) is 5.41 Å². The van der Waals surface area contributed by atoms with Gasteiger partial charge in [0.25, 0.3) is 0 Å². The number of anilines is 1. The lowest BCUT2D eigenvalue weighted by atomic mass is 9.79. The van der Waals surface area contributed by atoms with Gasteiger partial charge >= 0.3 is 5.97 Å². The van der Waals surface area contributed by atoms with Gasteiger partial charge in [-0.2, -0.15) is 0 Å². The summed E-state index contributed by atoms with van der Waals surface area (Å²) in [6.45, 7) is 5.01. The van der Waals surface area contributed by atoms with Gasteiger partial charge < -0.3 is 10.4 Å². The molecule has 2 N–H and O–H groups in total. The molecular formula is C16H21NO4. The number of hydrogen-bond donors (Lipinski definition) is 2. The molecule has 0 aromatic heterocycles. The van der Waals surface area contributed by atoms with E-state index in [0.29, 0.717) is 24.1 Å². The number of nitrogens with one attached hydrogen (secondary N) is 1. The van der Waals surface area contributed by atoms with E-state index in [9.17, 15) is 19.5 Å². The zero-order valence-corrected chi connectivity index (χ0v) is 12.6. The lowest BCUT2D eigenvalue weighted by Crippen LogP contribution is -2.34. The van der Waals surface area contributed by atoms with Crippen molar-refractivity contribution in [3.05, 3.63) is 29.8 Å². The van der Waals surface area contributed by atoms with E-state index in [1.165, 1.54) is 6.92 Å². The van der Waals surface area contributed by atoms with Gasteiger partial charge in [-0.3, -0.25) is 14.4 Å². The molecule has 0 aliphatic heterocycles. The van der Waals surface area contributed by atoms with E-state index in [0.717, 1.165) is 0 Å². The number of aliphatic carboxylic acids is 1. The van der Waals surface area contributed by atoms with E-state index < -0.39 is 11.4 Å². The van der Waals surface area contributed by atoms with Crippen molar-refractivity contribution in [3.63, 3.8) is 0 Å². The third kappa shape index (κ3) is 4.15. The maximum absolute atomic E-state index is 12.0. The third-order valence-electron chi connectivity index (χ3n) is 3.88. The van der Waals surface area contributed by atoms with Crippen LogP contribution in [0.3, 0.4) is 0 Å². The highest BCUT2D eigenvalue weighted by Crippen LogP contribution is 2.31. The first-order valence-corrected chi connectivity index (χ1v) is 6.99. The molecule has 0 bridgehead atoms. The Kier molecular flexibility index (Phi) is 5.64. The topological polar surface area (TPSA) is 83.5 Å². The van der Waals surface area contributed by atoms with Gasteiger partial charge in [0.05, 0.1) is 5.41 Å². The number of carbonyl (C=O) groups is 3. The summed E-state index contributed by atoms with van der Waals surface area (Å²) in [5.41, 5.74) is 0.0927. The number of amides is 1. The van der Waals surface area contributed by atoms with Crippen LogP contribution in [-0.2, 0) is 9.59 Å². The van der Waals surface area contributed by atoms with Crippen molar-refractivity contribution < 1.29 is 19.5 Å². The Hall–Kier alpha value is -2.17. The van der Waals surface area contributed by atoms with Gasteiger partial charge in [0.1, 0.15) is 0 Å². The normalized spacial score (nSPS) is 11.0. The quantitative estimate of drug-likeness (QED) is 0.756. The summed E-state index contributed by atoms with van der Waals surface area (Å²) in [7, 11) is 0. The maximum atomic E-state index is 12.0. The van der Waals surface area contributed by atoms with E-state index in [1.807, 2.05) is 0 Å². The number of benzene rings is 1. The van der Waals surface area contributed by atoms with Crippen LogP contribution in [0.5, 0.6) is 0 Å². The third-order valence-corrected chi connectivity index (χ3v) is 3.88. The Bertz CT molecular complexity index is 530. The fraction of sp³-hybridized carbons (Fsp3) is 0.438. The van der Waals surface area contributed by atoms with Crippen LogP contribution in [0.15, 0.2) is 24.3 Å². The van der Waals surface area contributed by atoms with Gasteiger partial charge in [0.15, 0.2) is 5.78 Å². The number of carbonyl (C=O) groups excluding carboxylic acids is 2. The molecule has 0 radical (unpaired) electrons. The first-order chi connectivity index (χ1) is 9.84. The number of carboxylic acid groups (broad SMARTS) is 1. The van der Waals surface area contributed by atoms with Gasteiger partial charge in [-0.25, -0.2) is 0 Å². The van der Waals surface area contributed by atoms with Crippen LogP contribution in [0.25, 0.3) is 0 Å². The fourth-order valence-electron chi connectivity index (χ4n) is 2.18. The molecule has 0 aliphatic carbocycles. The summed E-state index contributed by atoms with van der Waals surface area (Å²) in [6, 6.07) is 6.52. The smallest absolute Gasteiger partial charge is 0.310 e. The van der Waals surface area contributed by atoms with Crippen LogP contribution in [0.4, 0.5) is 5.69 Å². The molecule has 0 saturated heterocycles. The Morgan fingerprint density at radius 2 is 1.62 bits per heavy atom. The second-order valence-corrected chi connectivity index (χ2v) is 5.15. The van der Waals surface area contributed by atoms with Gasteiger partial charge in [-0.05, 0) is 44.0 Å². The Balaban J connectivity index is 2.77. The molecule has 1 aromatic rings. The zero-order valence-electron chi connectivity index (χ0n) is 12.6. The van der Waals surface area contributed by atoms with E-state index in [-0.39, 0.29) is 18.1 Å². The van der Waals surface area contributed by atoms with E-state index in [2.05, 4.69) is 5.32 Å². The molecule has 0 atom stereocenters. The van der Waals surface area contributed by atoms with Crippen LogP contribution < -0.4 is 5.32 Å². The van der Waals surface area contributed by atoms with Crippen LogP contribution >= 0.6 is 0 Å². The molecule has 21 heavy (non-hydrogen) atoms.